The van der Waals surface area contributed by atoms with Gasteiger partial charge in [-0.15, -0.1) is 11.3 Å². The predicted molar refractivity (Wildman–Crippen MR) is 94.7 cm³/mol. The lowest BCUT2D eigenvalue weighted by atomic mass is 10.1. The van der Waals surface area contributed by atoms with Crippen molar-refractivity contribution in [3.63, 3.8) is 0 Å². The first-order chi connectivity index (χ1) is 11.2. The number of aryl methyl sites for hydroxylation is 1. The van der Waals surface area contributed by atoms with Crippen LogP contribution in [0, 0.1) is 12.8 Å². The Balaban J connectivity index is 1.55. The molecule has 4 nitrogen and oxygen atoms in total. The van der Waals surface area contributed by atoms with E-state index in [0.717, 1.165) is 42.4 Å². The summed E-state index contributed by atoms with van der Waals surface area (Å²) in [4.78, 5) is 16.4. The third-order valence-corrected chi connectivity index (χ3v) is 5.23. The van der Waals surface area contributed by atoms with Crippen LogP contribution < -0.4 is 15.0 Å². The fourth-order valence-electron chi connectivity index (χ4n) is 2.99. The molecule has 2 heterocycles. The summed E-state index contributed by atoms with van der Waals surface area (Å²) in [6.45, 7) is 4.69. The Kier molecular flexibility index (Phi) is 4.86. The Hall–Kier alpha value is -2.01. The second kappa shape index (κ2) is 7.04. The SMILES string of the molecule is COc1ccccc1N1CCC(CNC(=O)c2ccc(C)s2)C1. The number of anilines is 1. The lowest BCUT2D eigenvalue weighted by molar-refractivity contribution is 0.0952. The summed E-state index contributed by atoms with van der Waals surface area (Å²) in [7, 11) is 1.70. The Morgan fingerprint density at radius 2 is 2.17 bits per heavy atom. The van der Waals surface area contributed by atoms with Crippen LogP contribution in [0.15, 0.2) is 36.4 Å². The summed E-state index contributed by atoms with van der Waals surface area (Å²) in [6, 6.07) is 12.0. The summed E-state index contributed by atoms with van der Waals surface area (Å²) < 4.78 is 5.44. The van der Waals surface area contributed by atoms with E-state index in [2.05, 4.69) is 16.3 Å². The molecule has 0 spiro atoms. The van der Waals surface area contributed by atoms with Crippen molar-refractivity contribution in [2.24, 2.45) is 5.92 Å². The molecule has 1 aliphatic rings. The van der Waals surface area contributed by atoms with Crippen LogP contribution in [0.5, 0.6) is 5.75 Å². The number of methoxy groups -OCH3 is 1. The van der Waals surface area contributed by atoms with E-state index in [1.165, 1.54) is 4.88 Å². The first-order valence-corrected chi connectivity index (χ1v) is 8.71. The minimum Gasteiger partial charge on any atom is -0.495 e. The zero-order valence-corrected chi connectivity index (χ0v) is 14.4. The number of amides is 1. The van der Waals surface area contributed by atoms with Crippen molar-refractivity contribution in [1.82, 2.24) is 5.32 Å². The maximum Gasteiger partial charge on any atom is 0.261 e. The number of nitrogens with zero attached hydrogens (tertiary/aromatic N) is 1. The molecular formula is C18H22N2O2S. The molecule has 1 amide bonds. The highest BCUT2D eigenvalue weighted by molar-refractivity contribution is 7.13. The largest absolute Gasteiger partial charge is 0.495 e. The van der Waals surface area contributed by atoms with Crippen molar-refractivity contribution < 1.29 is 9.53 Å². The van der Waals surface area contributed by atoms with Gasteiger partial charge in [-0.1, -0.05) is 12.1 Å². The Morgan fingerprint density at radius 1 is 1.35 bits per heavy atom. The van der Waals surface area contributed by atoms with E-state index in [4.69, 9.17) is 4.74 Å². The highest BCUT2D eigenvalue weighted by Gasteiger charge is 2.25. The molecule has 1 atom stereocenters. The molecule has 0 radical (unpaired) electrons. The molecule has 1 aromatic heterocycles. The second-order valence-electron chi connectivity index (χ2n) is 5.89. The van der Waals surface area contributed by atoms with E-state index in [1.54, 1.807) is 18.4 Å². The van der Waals surface area contributed by atoms with Crippen molar-refractivity contribution in [2.45, 2.75) is 13.3 Å². The molecule has 3 rings (SSSR count). The molecule has 1 N–H and O–H groups in total. The van der Waals surface area contributed by atoms with Crippen LogP contribution in [-0.2, 0) is 0 Å². The van der Waals surface area contributed by atoms with E-state index >= 15 is 0 Å². The van der Waals surface area contributed by atoms with Gasteiger partial charge in [-0.25, -0.2) is 0 Å². The molecule has 0 bridgehead atoms. The van der Waals surface area contributed by atoms with Gasteiger partial charge < -0.3 is 15.0 Å². The molecule has 1 aromatic carbocycles. The van der Waals surface area contributed by atoms with Gasteiger partial charge in [0.1, 0.15) is 5.75 Å². The summed E-state index contributed by atoms with van der Waals surface area (Å²) in [5.41, 5.74) is 1.14. The van der Waals surface area contributed by atoms with Crippen LogP contribution in [0.25, 0.3) is 0 Å². The van der Waals surface area contributed by atoms with Crippen LogP contribution in [-0.4, -0.2) is 32.7 Å². The smallest absolute Gasteiger partial charge is 0.261 e. The quantitative estimate of drug-likeness (QED) is 0.914. The van der Waals surface area contributed by atoms with Gasteiger partial charge in [-0.3, -0.25) is 4.79 Å². The number of para-hydroxylation sites is 2. The number of thiophene rings is 1. The fraction of sp³-hybridized carbons (Fsp3) is 0.389. The van der Waals surface area contributed by atoms with E-state index < -0.39 is 0 Å². The monoisotopic (exact) mass is 330 g/mol. The number of hydrogen-bond acceptors (Lipinski definition) is 4. The van der Waals surface area contributed by atoms with Gasteiger partial charge in [0.15, 0.2) is 0 Å². The number of nitrogens with one attached hydrogen (secondary N) is 1. The molecule has 0 aliphatic carbocycles. The average Bonchev–Trinajstić information content (AvgIpc) is 3.21. The second-order valence-corrected chi connectivity index (χ2v) is 7.18. The van der Waals surface area contributed by atoms with E-state index in [-0.39, 0.29) is 5.91 Å². The lowest BCUT2D eigenvalue weighted by Gasteiger charge is -2.21. The first-order valence-electron chi connectivity index (χ1n) is 7.90. The number of carbonyl (C=O) groups is 1. The first kappa shape index (κ1) is 15.9. The van der Waals surface area contributed by atoms with Gasteiger partial charge in [0.05, 0.1) is 17.7 Å². The maximum absolute atomic E-state index is 12.1. The summed E-state index contributed by atoms with van der Waals surface area (Å²) in [5.74, 6) is 1.43. The van der Waals surface area contributed by atoms with Gasteiger partial charge in [0.25, 0.3) is 5.91 Å². The van der Waals surface area contributed by atoms with Gasteiger partial charge in [0, 0.05) is 24.5 Å². The summed E-state index contributed by atoms with van der Waals surface area (Å²) in [5, 5.41) is 3.07. The predicted octanol–water partition coefficient (Wildman–Crippen LogP) is 3.32. The highest BCUT2D eigenvalue weighted by atomic mass is 32.1. The molecule has 1 saturated heterocycles. The van der Waals surface area contributed by atoms with Crippen LogP contribution >= 0.6 is 11.3 Å². The summed E-state index contributed by atoms with van der Waals surface area (Å²) in [6.07, 6.45) is 1.09. The minimum atomic E-state index is 0.0406. The molecule has 1 fully saturated rings. The summed E-state index contributed by atoms with van der Waals surface area (Å²) >= 11 is 1.54. The van der Waals surface area contributed by atoms with E-state index in [1.807, 2.05) is 37.3 Å². The van der Waals surface area contributed by atoms with Crippen LogP contribution in [0.1, 0.15) is 21.0 Å². The number of ether oxygens (including phenoxy) is 1. The van der Waals surface area contributed by atoms with E-state index in [0.29, 0.717) is 5.92 Å². The van der Waals surface area contributed by atoms with E-state index in [9.17, 15) is 4.79 Å². The normalized spacial score (nSPS) is 17.3. The molecule has 1 unspecified atom stereocenters. The van der Waals surface area contributed by atoms with Gasteiger partial charge in [-0.05, 0) is 43.5 Å². The topological polar surface area (TPSA) is 41.6 Å². The lowest BCUT2D eigenvalue weighted by Crippen LogP contribution is -2.30. The fourth-order valence-corrected chi connectivity index (χ4v) is 3.77. The molecule has 122 valence electrons. The zero-order valence-electron chi connectivity index (χ0n) is 13.5. The molecule has 23 heavy (non-hydrogen) atoms. The Morgan fingerprint density at radius 3 is 2.91 bits per heavy atom. The van der Waals surface area contributed by atoms with Crippen LogP contribution in [0.2, 0.25) is 0 Å². The maximum atomic E-state index is 12.1. The van der Waals surface area contributed by atoms with Gasteiger partial charge >= 0.3 is 0 Å². The average molecular weight is 330 g/mol. The molecule has 5 heteroatoms. The zero-order chi connectivity index (χ0) is 16.2. The van der Waals surface area contributed by atoms with Crippen molar-refractivity contribution in [3.05, 3.63) is 46.2 Å². The number of rotatable bonds is 5. The molecule has 0 saturated carbocycles. The third kappa shape index (κ3) is 3.67. The molecular weight excluding hydrogens is 308 g/mol. The Labute approximate surface area is 141 Å². The van der Waals surface area contributed by atoms with Crippen molar-refractivity contribution in [2.75, 3.05) is 31.6 Å². The van der Waals surface area contributed by atoms with Crippen molar-refractivity contribution >= 4 is 22.9 Å². The number of carbonyl (C=O) groups excluding carboxylic acids is 1. The third-order valence-electron chi connectivity index (χ3n) is 4.23. The van der Waals surface area contributed by atoms with Crippen molar-refractivity contribution in [1.29, 1.82) is 0 Å². The molecule has 2 aromatic rings. The van der Waals surface area contributed by atoms with Crippen LogP contribution in [0.4, 0.5) is 5.69 Å². The molecule has 1 aliphatic heterocycles. The van der Waals surface area contributed by atoms with Crippen molar-refractivity contribution in [3.8, 4) is 5.75 Å². The Bertz CT molecular complexity index is 683. The van der Waals surface area contributed by atoms with Gasteiger partial charge in [-0.2, -0.15) is 0 Å². The minimum absolute atomic E-state index is 0.0406. The number of benzene rings is 1. The number of hydrogen-bond donors (Lipinski definition) is 1. The van der Waals surface area contributed by atoms with Gasteiger partial charge in [0.2, 0.25) is 0 Å². The van der Waals surface area contributed by atoms with Crippen LogP contribution in [0.3, 0.4) is 0 Å². The standard InChI is InChI=1S/C18H22N2O2S/c1-13-7-8-17(23-13)18(21)19-11-14-9-10-20(12-14)15-5-3-4-6-16(15)22-2/h3-8,14H,9-12H2,1-2H3,(H,19,21). The highest BCUT2D eigenvalue weighted by Crippen LogP contribution is 2.31.